The molecule has 0 N–H and O–H groups in total. The number of ether oxygens (including phenoxy) is 1. The third-order valence-corrected chi connectivity index (χ3v) is 2.66. The molecule has 0 unspecified atom stereocenters. The smallest absolute Gasteiger partial charge is 0.157 e. The number of hydrogen-bond acceptors (Lipinski definition) is 2. The number of rotatable bonds is 5. The van der Waals surface area contributed by atoms with E-state index in [0.717, 1.165) is 5.56 Å². The minimum absolute atomic E-state index is 0.165. The summed E-state index contributed by atoms with van der Waals surface area (Å²) in [5.41, 5.74) is 0.958. The molecule has 0 spiro atoms. The predicted molar refractivity (Wildman–Crippen MR) is 73.0 cm³/mol. The highest BCUT2D eigenvalue weighted by molar-refractivity contribution is 6.55. The van der Waals surface area contributed by atoms with Crippen LogP contribution in [0.5, 0.6) is 5.75 Å². The van der Waals surface area contributed by atoms with E-state index in [-0.39, 0.29) is 16.9 Å². The topological polar surface area (TPSA) is 27.1 Å². The molecule has 0 fully saturated rings. The average molecular weight is 301 g/mol. The molecule has 1 aromatic heterocycles. The summed E-state index contributed by atoms with van der Waals surface area (Å²) in [5, 5.41) is 4.14. The molecule has 6 heteroatoms. The number of nitrogens with zero attached hydrogens (tertiary/aromatic N) is 2. The van der Waals surface area contributed by atoms with Gasteiger partial charge in [-0.1, -0.05) is 35.3 Å². The lowest BCUT2D eigenvalue weighted by atomic mass is 10.2. The Bertz CT molecular complexity index is 562. The van der Waals surface area contributed by atoms with E-state index in [0.29, 0.717) is 12.3 Å². The SMILES string of the molecule is Fc1ccc(Cn2cc(OCC=C(Cl)Cl)cn2)cc1. The van der Waals surface area contributed by atoms with Crippen molar-refractivity contribution in [3.63, 3.8) is 0 Å². The fraction of sp³-hybridized carbons (Fsp3) is 0.154. The van der Waals surface area contributed by atoms with Crippen molar-refractivity contribution >= 4 is 23.2 Å². The average Bonchev–Trinajstić information content (AvgIpc) is 2.79. The lowest BCUT2D eigenvalue weighted by Gasteiger charge is -2.01. The third kappa shape index (κ3) is 4.58. The molecular weight excluding hydrogens is 290 g/mol. The minimum Gasteiger partial charge on any atom is -0.486 e. The van der Waals surface area contributed by atoms with E-state index < -0.39 is 0 Å². The van der Waals surface area contributed by atoms with Gasteiger partial charge in [-0.3, -0.25) is 4.68 Å². The first-order valence-electron chi connectivity index (χ1n) is 5.54. The summed E-state index contributed by atoms with van der Waals surface area (Å²) in [7, 11) is 0. The molecule has 1 aromatic carbocycles. The van der Waals surface area contributed by atoms with Crippen molar-refractivity contribution < 1.29 is 9.13 Å². The zero-order valence-electron chi connectivity index (χ0n) is 9.89. The van der Waals surface area contributed by atoms with Crippen LogP contribution in [0.1, 0.15) is 5.56 Å². The van der Waals surface area contributed by atoms with E-state index in [9.17, 15) is 4.39 Å². The van der Waals surface area contributed by atoms with Gasteiger partial charge < -0.3 is 4.74 Å². The van der Waals surface area contributed by atoms with Crippen LogP contribution >= 0.6 is 23.2 Å². The zero-order chi connectivity index (χ0) is 13.7. The molecule has 1 heterocycles. The fourth-order valence-electron chi connectivity index (χ4n) is 1.48. The van der Waals surface area contributed by atoms with Gasteiger partial charge in [-0.05, 0) is 23.8 Å². The Morgan fingerprint density at radius 3 is 2.74 bits per heavy atom. The van der Waals surface area contributed by atoms with Crippen LogP contribution in [0.25, 0.3) is 0 Å². The van der Waals surface area contributed by atoms with E-state index in [1.165, 1.54) is 12.1 Å². The summed E-state index contributed by atoms with van der Waals surface area (Å²) in [4.78, 5) is 0. The van der Waals surface area contributed by atoms with Gasteiger partial charge in [0, 0.05) is 0 Å². The maximum absolute atomic E-state index is 12.8. The van der Waals surface area contributed by atoms with E-state index in [1.54, 1.807) is 35.3 Å². The molecule has 3 nitrogen and oxygen atoms in total. The monoisotopic (exact) mass is 300 g/mol. The minimum atomic E-state index is -0.252. The first-order chi connectivity index (χ1) is 9.13. The molecule has 0 bridgehead atoms. The summed E-state index contributed by atoms with van der Waals surface area (Å²) >= 11 is 10.9. The van der Waals surface area contributed by atoms with Gasteiger partial charge in [0.1, 0.15) is 16.9 Å². The van der Waals surface area contributed by atoms with Crippen molar-refractivity contribution in [2.24, 2.45) is 0 Å². The van der Waals surface area contributed by atoms with Crippen molar-refractivity contribution in [3.8, 4) is 5.75 Å². The van der Waals surface area contributed by atoms with Crippen LogP contribution in [0, 0.1) is 5.82 Å². The van der Waals surface area contributed by atoms with Crippen molar-refractivity contribution in [2.45, 2.75) is 6.54 Å². The highest BCUT2D eigenvalue weighted by atomic mass is 35.5. The Morgan fingerprint density at radius 2 is 2.05 bits per heavy atom. The number of halogens is 3. The maximum Gasteiger partial charge on any atom is 0.157 e. The van der Waals surface area contributed by atoms with Crippen LogP contribution in [0.4, 0.5) is 4.39 Å². The Hall–Kier alpha value is -1.52. The zero-order valence-corrected chi connectivity index (χ0v) is 11.4. The lowest BCUT2D eigenvalue weighted by molar-refractivity contribution is 0.362. The molecule has 0 aliphatic carbocycles. The molecule has 0 aliphatic heterocycles. The summed E-state index contributed by atoms with van der Waals surface area (Å²) in [5.74, 6) is 0.367. The van der Waals surface area contributed by atoms with Gasteiger partial charge in [0.05, 0.1) is 18.9 Å². The molecular formula is C13H11Cl2FN2O. The summed E-state index contributed by atoms with van der Waals surface area (Å²) < 4.78 is 20.0. The Labute approximate surface area is 120 Å². The molecule has 100 valence electrons. The normalized spacial score (nSPS) is 10.3. The lowest BCUT2D eigenvalue weighted by Crippen LogP contribution is -1.99. The number of aromatic nitrogens is 2. The highest BCUT2D eigenvalue weighted by Gasteiger charge is 2.00. The van der Waals surface area contributed by atoms with Crippen LogP contribution in [-0.2, 0) is 6.54 Å². The molecule has 19 heavy (non-hydrogen) atoms. The summed E-state index contributed by atoms with van der Waals surface area (Å²) in [6, 6.07) is 6.27. The second-order valence-electron chi connectivity index (χ2n) is 3.80. The molecule has 0 saturated heterocycles. The van der Waals surface area contributed by atoms with E-state index in [2.05, 4.69) is 5.10 Å². The van der Waals surface area contributed by atoms with E-state index in [1.807, 2.05) is 0 Å². The molecule has 0 amide bonds. The maximum atomic E-state index is 12.8. The Kier molecular flexibility index (Phi) is 4.82. The van der Waals surface area contributed by atoms with Crippen molar-refractivity contribution in [3.05, 3.63) is 58.6 Å². The van der Waals surface area contributed by atoms with Crippen LogP contribution in [0.3, 0.4) is 0 Å². The number of benzene rings is 1. The van der Waals surface area contributed by atoms with Gasteiger partial charge in [-0.25, -0.2) is 4.39 Å². The quantitative estimate of drug-likeness (QED) is 0.840. The van der Waals surface area contributed by atoms with Crippen LogP contribution in [-0.4, -0.2) is 16.4 Å². The van der Waals surface area contributed by atoms with Gasteiger partial charge in [-0.15, -0.1) is 0 Å². The first-order valence-corrected chi connectivity index (χ1v) is 6.30. The summed E-state index contributed by atoms with van der Waals surface area (Å²) in [6.07, 6.45) is 4.89. The largest absolute Gasteiger partial charge is 0.486 e. The van der Waals surface area contributed by atoms with Crippen LogP contribution < -0.4 is 4.74 Å². The van der Waals surface area contributed by atoms with Gasteiger partial charge in [-0.2, -0.15) is 5.10 Å². The van der Waals surface area contributed by atoms with Crippen LogP contribution in [0.15, 0.2) is 47.2 Å². The highest BCUT2D eigenvalue weighted by Crippen LogP contribution is 2.12. The van der Waals surface area contributed by atoms with Crippen LogP contribution in [0.2, 0.25) is 0 Å². The first kappa shape index (κ1) is 13.9. The number of hydrogen-bond donors (Lipinski definition) is 0. The molecule has 0 radical (unpaired) electrons. The fourth-order valence-corrected chi connectivity index (χ4v) is 1.61. The van der Waals surface area contributed by atoms with Crippen molar-refractivity contribution in [1.29, 1.82) is 0 Å². The molecule has 2 rings (SSSR count). The van der Waals surface area contributed by atoms with Gasteiger partial charge in [0.25, 0.3) is 0 Å². The second kappa shape index (κ2) is 6.59. The standard InChI is InChI=1S/C13H11Cl2FN2O/c14-13(15)5-6-19-12-7-17-18(9-12)8-10-1-3-11(16)4-2-10/h1-5,7,9H,6,8H2. The van der Waals surface area contributed by atoms with Gasteiger partial charge >= 0.3 is 0 Å². The molecule has 0 aliphatic rings. The summed E-state index contributed by atoms with van der Waals surface area (Å²) in [6.45, 7) is 0.834. The third-order valence-electron chi connectivity index (χ3n) is 2.36. The van der Waals surface area contributed by atoms with E-state index >= 15 is 0 Å². The van der Waals surface area contributed by atoms with E-state index in [4.69, 9.17) is 27.9 Å². The molecule has 2 aromatic rings. The molecule has 0 saturated carbocycles. The predicted octanol–water partition coefficient (Wildman–Crippen LogP) is 3.77. The Morgan fingerprint density at radius 1 is 1.32 bits per heavy atom. The van der Waals surface area contributed by atoms with Crippen molar-refractivity contribution in [2.75, 3.05) is 6.61 Å². The second-order valence-corrected chi connectivity index (χ2v) is 4.81. The van der Waals surface area contributed by atoms with Gasteiger partial charge in [0.2, 0.25) is 0 Å². The molecule has 0 atom stereocenters. The Balaban J connectivity index is 1.93. The van der Waals surface area contributed by atoms with Gasteiger partial charge in [0.15, 0.2) is 5.75 Å². The van der Waals surface area contributed by atoms with Crippen molar-refractivity contribution in [1.82, 2.24) is 9.78 Å².